The van der Waals surface area contributed by atoms with Gasteiger partial charge >= 0.3 is 0 Å². The van der Waals surface area contributed by atoms with Crippen LogP contribution in [0, 0.1) is 5.92 Å². The molecule has 0 N–H and O–H groups in total. The van der Waals surface area contributed by atoms with Gasteiger partial charge in [0.05, 0.1) is 0 Å². The second-order valence-electron chi connectivity index (χ2n) is 7.21. The van der Waals surface area contributed by atoms with Crippen LogP contribution in [-0.4, -0.2) is 23.4 Å². The van der Waals surface area contributed by atoms with Crippen LogP contribution in [-0.2, 0) is 6.61 Å². The number of carbonyl (C=O) groups excluding carboxylic acids is 1. The monoisotopic (exact) mass is 337 g/mol. The number of rotatable bonds is 8. The molecule has 0 aromatic heterocycles. The molecule has 132 valence electrons. The van der Waals surface area contributed by atoms with Crippen molar-refractivity contribution in [2.24, 2.45) is 5.92 Å². The summed E-state index contributed by atoms with van der Waals surface area (Å²) in [5, 5.41) is 0. The van der Waals surface area contributed by atoms with Gasteiger partial charge in [-0.05, 0) is 55.0 Å². The van der Waals surface area contributed by atoms with E-state index in [9.17, 15) is 4.79 Å². The van der Waals surface area contributed by atoms with E-state index < -0.39 is 0 Å². The Bertz CT molecular complexity index is 675. The zero-order valence-electron chi connectivity index (χ0n) is 15.2. The van der Waals surface area contributed by atoms with E-state index in [2.05, 4.69) is 18.7 Å². The van der Waals surface area contributed by atoms with E-state index in [0.717, 1.165) is 42.7 Å². The third-order valence-corrected chi connectivity index (χ3v) is 4.55. The van der Waals surface area contributed by atoms with E-state index in [1.807, 2.05) is 54.6 Å². The molecule has 3 nitrogen and oxygen atoms in total. The van der Waals surface area contributed by atoms with Crippen LogP contribution in [0.15, 0.2) is 54.6 Å². The van der Waals surface area contributed by atoms with Crippen molar-refractivity contribution in [1.29, 1.82) is 0 Å². The molecule has 3 heteroatoms. The number of para-hydroxylation sites is 1. The molecular weight excluding hydrogens is 310 g/mol. The first-order valence-electron chi connectivity index (χ1n) is 9.21. The van der Waals surface area contributed by atoms with E-state index in [-0.39, 0.29) is 5.91 Å². The molecule has 1 aliphatic rings. The number of hydrogen-bond donors (Lipinski definition) is 0. The quantitative estimate of drug-likeness (QED) is 0.684. The average Bonchev–Trinajstić information content (AvgIpc) is 3.46. The van der Waals surface area contributed by atoms with Gasteiger partial charge in [0, 0.05) is 18.2 Å². The Morgan fingerprint density at radius 1 is 1.08 bits per heavy atom. The Labute approximate surface area is 150 Å². The highest BCUT2D eigenvalue weighted by molar-refractivity contribution is 5.94. The SMILES string of the molecule is CC(C)CCN(C(=O)c1ccc(COc2ccccc2)cc1)C1CC1. The summed E-state index contributed by atoms with van der Waals surface area (Å²) in [4.78, 5) is 14.9. The highest BCUT2D eigenvalue weighted by Crippen LogP contribution is 2.29. The number of ether oxygens (including phenoxy) is 1. The average molecular weight is 337 g/mol. The number of benzene rings is 2. The Hall–Kier alpha value is -2.29. The van der Waals surface area contributed by atoms with Crippen LogP contribution in [0.5, 0.6) is 5.75 Å². The summed E-state index contributed by atoms with van der Waals surface area (Å²) in [6, 6.07) is 18.1. The van der Waals surface area contributed by atoms with Gasteiger partial charge < -0.3 is 9.64 Å². The predicted molar refractivity (Wildman–Crippen MR) is 101 cm³/mol. The highest BCUT2D eigenvalue weighted by Gasteiger charge is 2.32. The van der Waals surface area contributed by atoms with Gasteiger partial charge in [-0.1, -0.05) is 44.2 Å². The van der Waals surface area contributed by atoms with Crippen molar-refractivity contribution < 1.29 is 9.53 Å². The van der Waals surface area contributed by atoms with Gasteiger partial charge in [0.2, 0.25) is 0 Å². The van der Waals surface area contributed by atoms with Crippen LogP contribution >= 0.6 is 0 Å². The van der Waals surface area contributed by atoms with Gasteiger partial charge in [-0.2, -0.15) is 0 Å². The molecule has 0 unspecified atom stereocenters. The summed E-state index contributed by atoms with van der Waals surface area (Å²) < 4.78 is 5.76. The minimum Gasteiger partial charge on any atom is -0.489 e. The normalized spacial score (nSPS) is 13.7. The van der Waals surface area contributed by atoms with Crippen molar-refractivity contribution in [3.05, 3.63) is 65.7 Å². The van der Waals surface area contributed by atoms with E-state index in [1.165, 1.54) is 0 Å². The molecule has 0 spiro atoms. The summed E-state index contributed by atoms with van der Waals surface area (Å²) >= 11 is 0. The summed E-state index contributed by atoms with van der Waals surface area (Å²) in [5.74, 6) is 1.64. The predicted octanol–water partition coefficient (Wildman–Crippen LogP) is 4.92. The van der Waals surface area contributed by atoms with Crippen molar-refractivity contribution in [3.8, 4) is 5.75 Å². The Kier molecular flexibility index (Phi) is 5.75. The lowest BCUT2D eigenvalue weighted by Crippen LogP contribution is -2.34. The molecule has 0 saturated heterocycles. The van der Waals surface area contributed by atoms with Crippen molar-refractivity contribution >= 4 is 5.91 Å². The smallest absolute Gasteiger partial charge is 0.254 e. The second-order valence-corrected chi connectivity index (χ2v) is 7.21. The Morgan fingerprint density at radius 2 is 1.76 bits per heavy atom. The zero-order valence-corrected chi connectivity index (χ0v) is 15.2. The molecule has 0 radical (unpaired) electrons. The molecule has 3 rings (SSSR count). The van der Waals surface area contributed by atoms with Crippen molar-refractivity contribution in [2.75, 3.05) is 6.54 Å². The maximum atomic E-state index is 12.8. The van der Waals surface area contributed by atoms with Gasteiger partial charge in [-0.25, -0.2) is 0 Å². The number of amides is 1. The van der Waals surface area contributed by atoms with Crippen LogP contribution in [0.4, 0.5) is 0 Å². The van der Waals surface area contributed by atoms with E-state index in [1.54, 1.807) is 0 Å². The third kappa shape index (κ3) is 5.09. The van der Waals surface area contributed by atoms with E-state index >= 15 is 0 Å². The van der Waals surface area contributed by atoms with Gasteiger partial charge in [0.1, 0.15) is 12.4 Å². The Balaban J connectivity index is 1.59. The summed E-state index contributed by atoms with van der Waals surface area (Å²) in [6.45, 7) is 5.78. The summed E-state index contributed by atoms with van der Waals surface area (Å²) in [6.07, 6.45) is 3.35. The molecule has 0 heterocycles. The van der Waals surface area contributed by atoms with Crippen LogP contribution in [0.2, 0.25) is 0 Å². The van der Waals surface area contributed by atoms with Crippen LogP contribution in [0.1, 0.15) is 49.0 Å². The van der Waals surface area contributed by atoms with E-state index in [0.29, 0.717) is 18.6 Å². The van der Waals surface area contributed by atoms with Crippen molar-refractivity contribution in [3.63, 3.8) is 0 Å². The lowest BCUT2D eigenvalue weighted by atomic mass is 10.1. The molecule has 2 aromatic carbocycles. The van der Waals surface area contributed by atoms with E-state index in [4.69, 9.17) is 4.74 Å². The molecule has 2 aromatic rings. The van der Waals surface area contributed by atoms with Crippen LogP contribution in [0.3, 0.4) is 0 Å². The third-order valence-electron chi connectivity index (χ3n) is 4.55. The fourth-order valence-electron chi connectivity index (χ4n) is 2.83. The zero-order chi connectivity index (χ0) is 17.6. The summed E-state index contributed by atoms with van der Waals surface area (Å²) in [5.41, 5.74) is 1.85. The van der Waals surface area contributed by atoms with Crippen molar-refractivity contribution in [1.82, 2.24) is 4.90 Å². The largest absolute Gasteiger partial charge is 0.489 e. The van der Waals surface area contributed by atoms with Crippen LogP contribution < -0.4 is 4.74 Å². The molecule has 1 saturated carbocycles. The first-order chi connectivity index (χ1) is 12.1. The molecule has 25 heavy (non-hydrogen) atoms. The maximum absolute atomic E-state index is 12.8. The molecular formula is C22H27NO2. The highest BCUT2D eigenvalue weighted by atomic mass is 16.5. The maximum Gasteiger partial charge on any atom is 0.254 e. The number of hydrogen-bond acceptors (Lipinski definition) is 2. The molecule has 0 atom stereocenters. The lowest BCUT2D eigenvalue weighted by Gasteiger charge is -2.23. The Morgan fingerprint density at radius 3 is 2.36 bits per heavy atom. The topological polar surface area (TPSA) is 29.5 Å². The molecule has 1 amide bonds. The lowest BCUT2D eigenvalue weighted by molar-refractivity contribution is 0.0735. The summed E-state index contributed by atoms with van der Waals surface area (Å²) in [7, 11) is 0. The molecule has 1 fully saturated rings. The molecule has 1 aliphatic carbocycles. The van der Waals surface area contributed by atoms with Crippen molar-refractivity contribution in [2.45, 2.75) is 45.8 Å². The fraction of sp³-hybridized carbons (Fsp3) is 0.409. The first-order valence-corrected chi connectivity index (χ1v) is 9.21. The van der Waals surface area contributed by atoms with Gasteiger partial charge in [-0.15, -0.1) is 0 Å². The molecule has 0 aliphatic heterocycles. The minimum atomic E-state index is 0.165. The first kappa shape index (κ1) is 17.5. The van der Waals surface area contributed by atoms with Gasteiger partial charge in [-0.3, -0.25) is 4.79 Å². The van der Waals surface area contributed by atoms with Gasteiger partial charge in [0.25, 0.3) is 5.91 Å². The number of nitrogens with zero attached hydrogens (tertiary/aromatic N) is 1. The fourth-order valence-corrected chi connectivity index (χ4v) is 2.83. The second kappa shape index (κ2) is 8.19. The van der Waals surface area contributed by atoms with Crippen LogP contribution in [0.25, 0.3) is 0 Å². The molecule has 0 bridgehead atoms. The number of carbonyl (C=O) groups is 1. The standard InChI is InChI=1S/C22H27NO2/c1-17(2)14-15-23(20-12-13-20)22(24)19-10-8-18(9-11-19)16-25-21-6-4-3-5-7-21/h3-11,17,20H,12-16H2,1-2H3. The van der Waals surface area contributed by atoms with Gasteiger partial charge in [0.15, 0.2) is 0 Å². The minimum absolute atomic E-state index is 0.165.